The fourth-order valence-electron chi connectivity index (χ4n) is 3.30. The highest BCUT2D eigenvalue weighted by Crippen LogP contribution is 2.47. The molecular formula is C19H18F2IN5O3S. The third-order valence-corrected chi connectivity index (χ3v) is 8.15. The number of aryl methyl sites for hydroxylation is 1. The average Bonchev–Trinajstić information content (AvgIpc) is 3.49. The van der Waals surface area contributed by atoms with Crippen molar-refractivity contribution in [1.29, 1.82) is 0 Å². The van der Waals surface area contributed by atoms with Crippen molar-refractivity contribution in [2.45, 2.75) is 30.9 Å². The highest BCUT2D eigenvalue weighted by Gasteiger charge is 2.54. The molecule has 8 nitrogen and oxygen atoms in total. The molecule has 0 amide bonds. The van der Waals surface area contributed by atoms with Crippen LogP contribution in [0.15, 0.2) is 24.5 Å². The van der Waals surface area contributed by atoms with E-state index in [0.29, 0.717) is 22.1 Å². The van der Waals surface area contributed by atoms with E-state index in [1.807, 2.05) is 22.6 Å². The fraction of sp³-hybridized carbons (Fsp3) is 0.316. The molecule has 1 aliphatic rings. The molecule has 0 aliphatic heterocycles. The van der Waals surface area contributed by atoms with Crippen LogP contribution in [-0.4, -0.2) is 39.8 Å². The summed E-state index contributed by atoms with van der Waals surface area (Å²) in [5.41, 5.74) is -0.0937. The number of nitrogens with one attached hydrogen (secondary N) is 2. The summed E-state index contributed by atoms with van der Waals surface area (Å²) in [5, 5.41) is 11.9. The van der Waals surface area contributed by atoms with Crippen molar-refractivity contribution in [2.24, 2.45) is 0 Å². The second-order valence-electron chi connectivity index (χ2n) is 7.32. The van der Waals surface area contributed by atoms with E-state index in [1.165, 1.54) is 18.5 Å². The van der Waals surface area contributed by atoms with E-state index in [-0.39, 0.29) is 41.3 Å². The van der Waals surface area contributed by atoms with Crippen molar-refractivity contribution in [3.63, 3.8) is 0 Å². The maximum atomic E-state index is 15.5. The number of anilines is 3. The Morgan fingerprint density at radius 2 is 1.97 bits per heavy atom. The summed E-state index contributed by atoms with van der Waals surface area (Å²) >= 11 is 1.94. The molecule has 1 fully saturated rings. The van der Waals surface area contributed by atoms with Crippen molar-refractivity contribution < 1.29 is 22.3 Å². The number of hydrogen-bond donors (Lipinski definition) is 3. The Hall–Kier alpha value is -2.19. The summed E-state index contributed by atoms with van der Waals surface area (Å²) < 4.78 is 57.7. The SMILES string of the molecule is Cc1ncnc2c(F)c(Nc3ccc(I)cc3F)c(NS(=O)(=O)C3(CCO)CC3)nc12. The van der Waals surface area contributed by atoms with Crippen LogP contribution < -0.4 is 10.0 Å². The minimum atomic E-state index is -4.01. The normalized spacial score (nSPS) is 15.1. The van der Waals surface area contributed by atoms with Crippen molar-refractivity contribution >= 4 is 60.8 Å². The topological polar surface area (TPSA) is 117 Å². The summed E-state index contributed by atoms with van der Waals surface area (Å²) in [4.78, 5) is 12.2. The van der Waals surface area contributed by atoms with E-state index in [9.17, 15) is 17.9 Å². The number of sulfonamides is 1. The molecule has 1 aliphatic carbocycles. The van der Waals surface area contributed by atoms with Gasteiger partial charge in [-0.3, -0.25) is 4.72 Å². The van der Waals surface area contributed by atoms with Crippen LogP contribution in [0.4, 0.5) is 26.0 Å². The summed E-state index contributed by atoms with van der Waals surface area (Å²) in [6.45, 7) is 1.29. The van der Waals surface area contributed by atoms with Crippen LogP contribution in [0.3, 0.4) is 0 Å². The van der Waals surface area contributed by atoms with Gasteiger partial charge in [-0.05, 0) is 67.0 Å². The molecule has 31 heavy (non-hydrogen) atoms. The van der Waals surface area contributed by atoms with E-state index in [4.69, 9.17) is 0 Å². The van der Waals surface area contributed by atoms with Crippen LogP contribution >= 0.6 is 22.6 Å². The largest absolute Gasteiger partial charge is 0.396 e. The number of rotatable bonds is 7. The van der Waals surface area contributed by atoms with Crippen LogP contribution in [0.25, 0.3) is 11.0 Å². The highest BCUT2D eigenvalue weighted by atomic mass is 127. The molecule has 0 spiro atoms. The number of aliphatic hydroxyl groups is 1. The smallest absolute Gasteiger partial charge is 0.239 e. The second-order valence-corrected chi connectivity index (χ2v) is 10.6. The minimum Gasteiger partial charge on any atom is -0.396 e. The molecule has 12 heteroatoms. The van der Waals surface area contributed by atoms with E-state index >= 15 is 4.39 Å². The van der Waals surface area contributed by atoms with Crippen molar-refractivity contribution in [1.82, 2.24) is 15.0 Å². The summed E-state index contributed by atoms with van der Waals surface area (Å²) in [6.07, 6.45) is 1.96. The standard InChI is InChI=1S/C19H18F2IN5O3S/c1-10-15-16(24-9-23-10)14(21)17(25-13-3-2-11(22)8-12(13)20)18(26-15)27-31(29,30)19(4-5-19)6-7-28/h2-3,8-9,25,28H,4-7H2,1H3,(H,26,27). The van der Waals surface area contributed by atoms with E-state index in [0.717, 1.165) is 0 Å². The first-order valence-corrected chi connectivity index (χ1v) is 11.9. The molecule has 1 aromatic carbocycles. The van der Waals surface area contributed by atoms with Gasteiger partial charge in [0.25, 0.3) is 0 Å². The van der Waals surface area contributed by atoms with Gasteiger partial charge in [0.15, 0.2) is 11.6 Å². The molecule has 1 saturated carbocycles. The molecule has 164 valence electrons. The number of benzene rings is 1. The van der Waals surface area contributed by atoms with Crippen LogP contribution in [0.5, 0.6) is 0 Å². The first kappa shape index (κ1) is 22.0. The Balaban J connectivity index is 1.86. The molecule has 2 heterocycles. The predicted octanol–water partition coefficient (Wildman–Crippen LogP) is 3.62. The maximum Gasteiger partial charge on any atom is 0.239 e. The zero-order chi connectivity index (χ0) is 22.4. The van der Waals surface area contributed by atoms with Gasteiger partial charge in [0.2, 0.25) is 10.0 Å². The van der Waals surface area contributed by atoms with E-state index in [2.05, 4.69) is 25.0 Å². The average molecular weight is 561 g/mol. The molecule has 4 rings (SSSR count). The quantitative estimate of drug-likeness (QED) is 0.378. The van der Waals surface area contributed by atoms with E-state index < -0.39 is 26.4 Å². The highest BCUT2D eigenvalue weighted by molar-refractivity contribution is 14.1. The van der Waals surface area contributed by atoms with Crippen molar-refractivity contribution in [3.05, 3.63) is 45.4 Å². The lowest BCUT2D eigenvalue weighted by molar-refractivity contribution is 0.283. The Kier molecular flexibility index (Phi) is 5.72. The molecule has 3 aromatic rings. The second kappa shape index (κ2) is 8.06. The summed E-state index contributed by atoms with van der Waals surface area (Å²) in [6, 6.07) is 4.29. The Labute approximate surface area is 190 Å². The number of hydrogen-bond acceptors (Lipinski definition) is 7. The van der Waals surface area contributed by atoms with Crippen LogP contribution in [0.1, 0.15) is 25.0 Å². The number of pyridine rings is 1. The Morgan fingerprint density at radius 1 is 1.23 bits per heavy atom. The van der Waals surface area contributed by atoms with Gasteiger partial charge in [0, 0.05) is 10.2 Å². The third kappa shape index (κ3) is 4.03. The van der Waals surface area contributed by atoms with Gasteiger partial charge in [-0.2, -0.15) is 0 Å². The number of aromatic nitrogens is 3. The number of aliphatic hydroxyl groups excluding tert-OH is 1. The van der Waals surface area contributed by atoms with Crippen LogP contribution in [-0.2, 0) is 10.0 Å². The van der Waals surface area contributed by atoms with Crippen LogP contribution in [0, 0.1) is 22.1 Å². The number of fused-ring (bicyclic) bond motifs is 1. The zero-order valence-corrected chi connectivity index (χ0v) is 19.3. The lowest BCUT2D eigenvalue weighted by Gasteiger charge is -2.20. The number of nitrogens with zero attached hydrogens (tertiary/aromatic N) is 3. The molecular weight excluding hydrogens is 543 g/mol. The molecule has 0 radical (unpaired) electrons. The van der Waals surface area contributed by atoms with Crippen molar-refractivity contribution in [2.75, 3.05) is 16.6 Å². The van der Waals surface area contributed by atoms with E-state index in [1.54, 1.807) is 13.0 Å². The first-order valence-electron chi connectivity index (χ1n) is 9.33. The van der Waals surface area contributed by atoms with Gasteiger partial charge in [-0.1, -0.05) is 0 Å². The molecule has 0 atom stereocenters. The minimum absolute atomic E-state index is 0.0506. The number of halogens is 3. The third-order valence-electron chi connectivity index (χ3n) is 5.26. The molecule has 0 saturated heterocycles. The Morgan fingerprint density at radius 3 is 2.61 bits per heavy atom. The van der Waals surface area contributed by atoms with Gasteiger partial charge in [0.05, 0.1) is 16.1 Å². The van der Waals surface area contributed by atoms with Gasteiger partial charge in [0.1, 0.15) is 28.9 Å². The molecule has 0 unspecified atom stereocenters. The van der Waals surface area contributed by atoms with Gasteiger partial charge < -0.3 is 10.4 Å². The monoisotopic (exact) mass is 561 g/mol. The first-order chi connectivity index (χ1) is 14.7. The maximum absolute atomic E-state index is 15.5. The van der Waals surface area contributed by atoms with Gasteiger partial charge >= 0.3 is 0 Å². The zero-order valence-electron chi connectivity index (χ0n) is 16.3. The lowest BCUT2D eigenvalue weighted by Crippen LogP contribution is -2.31. The van der Waals surface area contributed by atoms with Crippen LogP contribution in [0.2, 0.25) is 0 Å². The predicted molar refractivity (Wildman–Crippen MR) is 121 cm³/mol. The lowest BCUT2D eigenvalue weighted by atomic mass is 10.2. The summed E-state index contributed by atoms with van der Waals surface area (Å²) in [7, 11) is -4.01. The van der Waals surface area contributed by atoms with Gasteiger partial charge in [-0.25, -0.2) is 32.2 Å². The molecule has 3 N–H and O–H groups in total. The molecule has 2 aromatic heterocycles. The van der Waals surface area contributed by atoms with Crippen molar-refractivity contribution in [3.8, 4) is 0 Å². The molecule has 0 bridgehead atoms. The fourth-order valence-corrected chi connectivity index (χ4v) is 5.37. The summed E-state index contributed by atoms with van der Waals surface area (Å²) in [5.74, 6) is -1.86. The Bertz CT molecular complexity index is 1290. The van der Waals surface area contributed by atoms with Gasteiger partial charge in [-0.15, -0.1) is 0 Å².